The first kappa shape index (κ1) is 23.0. The third kappa shape index (κ3) is 6.53. The van der Waals surface area contributed by atoms with Crippen LogP contribution in [0.4, 0.5) is 5.69 Å². The quantitative estimate of drug-likeness (QED) is 0.680. The van der Waals surface area contributed by atoms with E-state index >= 15 is 0 Å². The minimum Gasteiger partial charge on any atom is -0.350 e. The van der Waals surface area contributed by atoms with Crippen molar-refractivity contribution in [2.45, 2.75) is 38.1 Å². The molecule has 8 heteroatoms. The highest BCUT2D eigenvalue weighted by Crippen LogP contribution is 2.21. The van der Waals surface area contributed by atoms with Gasteiger partial charge in [0.05, 0.1) is 4.90 Å². The lowest BCUT2D eigenvalue weighted by atomic mass is 10.1. The molecule has 2 aromatic carbocycles. The molecule has 0 bridgehead atoms. The van der Waals surface area contributed by atoms with E-state index in [1.807, 2.05) is 26.8 Å². The van der Waals surface area contributed by atoms with Gasteiger partial charge in [0.25, 0.3) is 15.9 Å². The van der Waals surface area contributed by atoms with Gasteiger partial charge in [-0.2, -0.15) is 0 Å². The van der Waals surface area contributed by atoms with Crippen LogP contribution in [0, 0.1) is 13.8 Å². The van der Waals surface area contributed by atoms with Gasteiger partial charge in [0.15, 0.2) is 0 Å². The lowest BCUT2D eigenvalue weighted by molar-refractivity contribution is 0.0946. The summed E-state index contributed by atoms with van der Waals surface area (Å²) in [7, 11) is -3.70. The molecule has 1 amide bonds. The predicted molar refractivity (Wildman–Crippen MR) is 111 cm³/mol. The Labute approximate surface area is 167 Å². The van der Waals surface area contributed by atoms with Crippen LogP contribution in [0.5, 0.6) is 0 Å². The minimum atomic E-state index is -3.70. The van der Waals surface area contributed by atoms with Gasteiger partial charge in [0.1, 0.15) is 0 Å². The fourth-order valence-electron chi connectivity index (χ4n) is 2.31. The Balaban J connectivity index is 0.00000364. The Morgan fingerprint density at radius 2 is 1.67 bits per heavy atom. The molecule has 4 N–H and O–H groups in total. The second-order valence-electron chi connectivity index (χ2n) is 7.12. The van der Waals surface area contributed by atoms with Crippen LogP contribution in [0.3, 0.4) is 0 Å². The van der Waals surface area contributed by atoms with Crippen molar-refractivity contribution in [3.63, 3.8) is 0 Å². The maximum Gasteiger partial charge on any atom is 0.262 e. The molecule has 0 heterocycles. The van der Waals surface area contributed by atoms with Crippen LogP contribution in [0.15, 0.2) is 47.4 Å². The SMILES string of the molecule is Cc1ccc(C)c(S(=O)(=O)Nc2ccc(C(=O)NCC(C)(C)N)cc2)c1.Cl. The zero-order valence-corrected chi connectivity index (χ0v) is 17.5. The Hall–Kier alpha value is -2.09. The summed E-state index contributed by atoms with van der Waals surface area (Å²) in [4.78, 5) is 12.3. The highest BCUT2D eigenvalue weighted by Gasteiger charge is 2.18. The predicted octanol–water partition coefficient (Wildman–Crippen LogP) is 2.99. The molecule has 0 aliphatic carbocycles. The van der Waals surface area contributed by atoms with E-state index < -0.39 is 15.6 Å². The number of amides is 1. The van der Waals surface area contributed by atoms with Crippen LogP contribution in [0.25, 0.3) is 0 Å². The Kier molecular flexibility index (Phi) is 7.42. The molecule has 0 unspecified atom stereocenters. The van der Waals surface area contributed by atoms with E-state index in [9.17, 15) is 13.2 Å². The van der Waals surface area contributed by atoms with E-state index in [1.54, 1.807) is 43.3 Å². The maximum atomic E-state index is 12.6. The fraction of sp³-hybridized carbons (Fsp3) is 0.316. The molecular weight excluding hydrogens is 386 g/mol. The number of carbonyl (C=O) groups is 1. The number of carbonyl (C=O) groups excluding carboxylic acids is 1. The largest absolute Gasteiger partial charge is 0.350 e. The van der Waals surface area contributed by atoms with Gasteiger partial charge in [0.2, 0.25) is 0 Å². The first-order chi connectivity index (χ1) is 12.0. The first-order valence-corrected chi connectivity index (χ1v) is 9.73. The van der Waals surface area contributed by atoms with Crippen LogP contribution in [0.2, 0.25) is 0 Å². The molecule has 27 heavy (non-hydrogen) atoms. The van der Waals surface area contributed by atoms with Gasteiger partial charge in [0, 0.05) is 23.3 Å². The minimum absolute atomic E-state index is 0. The van der Waals surface area contributed by atoms with Crippen molar-refractivity contribution in [1.82, 2.24) is 5.32 Å². The number of sulfonamides is 1. The third-order valence-electron chi connectivity index (χ3n) is 3.74. The van der Waals surface area contributed by atoms with Gasteiger partial charge in [-0.05, 0) is 69.2 Å². The van der Waals surface area contributed by atoms with E-state index in [4.69, 9.17) is 5.73 Å². The molecule has 0 aliphatic heterocycles. The topological polar surface area (TPSA) is 101 Å². The van der Waals surface area contributed by atoms with Gasteiger partial charge in [-0.1, -0.05) is 12.1 Å². The number of rotatable bonds is 6. The number of hydrogen-bond acceptors (Lipinski definition) is 4. The van der Waals surface area contributed by atoms with Crippen molar-refractivity contribution < 1.29 is 13.2 Å². The van der Waals surface area contributed by atoms with Gasteiger partial charge in [-0.3, -0.25) is 9.52 Å². The summed E-state index contributed by atoms with van der Waals surface area (Å²) in [5.74, 6) is -0.257. The van der Waals surface area contributed by atoms with Crippen LogP contribution < -0.4 is 15.8 Å². The molecule has 6 nitrogen and oxygen atoms in total. The van der Waals surface area contributed by atoms with Crippen LogP contribution in [0.1, 0.15) is 35.3 Å². The smallest absolute Gasteiger partial charge is 0.262 e. The monoisotopic (exact) mass is 411 g/mol. The summed E-state index contributed by atoms with van der Waals surface area (Å²) in [6.45, 7) is 7.57. The lowest BCUT2D eigenvalue weighted by Crippen LogP contribution is -2.45. The summed E-state index contributed by atoms with van der Waals surface area (Å²) in [6, 6.07) is 11.5. The van der Waals surface area contributed by atoms with Crippen LogP contribution in [-0.2, 0) is 10.0 Å². The molecule has 0 saturated carbocycles. The molecule has 2 rings (SSSR count). The number of nitrogens with two attached hydrogens (primary N) is 1. The molecule has 0 fully saturated rings. The van der Waals surface area contributed by atoms with Crippen molar-refractivity contribution >= 4 is 34.0 Å². The second-order valence-corrected chi connectivity index (χ2v) is 8.77. The molecule has 0 aliphatic rings. The van der Waals surface area contributed by atoms with Crippen LogP contribution >= 0.6 is 12.4 Å². The van der Waals surface area contributed by atoms with E-state index in [-0.39, 0.29) is 23.2 Å². The second kappa shape index (κ2) is 8.73. The van der Waals surface area contributed by atoms with Crippen LogP contribution in [-0.4, -0.2) is 26.4 Å². The van der Waals surface area contributed by atoms with E-state index in [0.29, 0.717) is 23.4 Å². The van der Waals surface area contributed by atoms with Gasteiger partial charge < -0.3 is 11.1 Å². The molecule has 2 aromatic rings. The standard InChI is InChI=1S/C19H25N3O3S.ClH/c1-13-5-6-14(2)17(11-13)26(24,25)22-16-9-7-15(8-10-16)18(23)21-12-19(3,4)20;/h5-11,22H,12,20H2,1-4H3,(H,21,23);1H. The molecule has 0 atom stereocenters. The summed E-state index contributed by atoms with van der Waals surface area (Å²) in [5, 5.41) is 2.74. The molecule has 0 aromatic heterocycles. The van der Waals surface area contributed by atoms with Gasteiger partial charge in [-0.25, -0.2) is 8.42 Å². The molecule has 148 valence electrons. The highest BCUT2D eigenvalue weighted by molar-refractivity contribution is 7.92. The van der Waals surface area contributed by atoms with Crippen molar-refractivity contribution in [3.8, 4) is 0 Å². The number of hydrogen-bond donors (Lipinski definition) is 3. The number of anilines is 1. The van der Waals surface area contributed by atoms with E-state index in [0.717, 1.165) is 5.56 Å². The summed E-state index contributed by atoms with van der Waals surface area (Å²) >= 11 is 0. The Bertz CT molecular complexity index is 905. The molecule has 0 saturated heterocycles. The zero-order chi connectivity index (χ0) is 19.5. The van der Waals surface area contributed by atoms with Crippen molar-refractivity contribution in [1.29, 1.82) is 0 Å². The lowest BCUT2D eigenvalue weighted by Gasteiger charge is -2.19. The molecule has 0 radical (unpaired) electrons. The van der Waals surface area contributed by atoms with E-state index in [1.165, 1.54) is 0 Å². The summed E-state index contributed by atoms with van der Waals surface area (Å²) in [5.41, 5.74) is 7.70. The number of aryl methyl sites for hydroxylation is 2. The third-order valence-corrected chi connectivity index (χ3v) is 5.26. The maximum absolute atomic E-state index is 12.6. The normalized spacial score (nSPS) is 11.4. The van der Waals surface area contributed by atoms with Gasteiger partial charge in [-0.15, -0.1) is 12.4 Å². The highest BCUT2D eigenvalue weighted by atomic mass is 35.5. The average molecular weight is 412 g/mol. The molecular formula is C19H26ClN3O3S. The van der Waals surface area contributed by atoms with Crippen molar-refractivity contribution in [3.05, 3.63) is 59.2 Å². The van der Waals surface area contributed by atoms with Gasteiger partial charge >= 0.3 is 0 Å². The fourth-order valence-corrected chi connectivity index (χ4v) is 3.70. The summed E-state index contributed by atoms with van der Waals surface area (Å²) in [6.07, 6.45) is 0. The number of halogens is 1. The average Bonchev–Trinajstić information content (AvgIpc) is 2.54. The Morgan fingerprint density at radius 3 is 2.22 bits per heavy atom. The van der Waals surface area contributed by atoms with E-state index in [2.05, 4.69) is 10.0 Å². The van der Waals surface area contributed by atoms with Crippen molar-refractivity contribution in [2.75, 3.05) is 11.3 Å². The first-order valence-electron chi connectivity index (χ1n) is 8.25. The van der Waals surface area contributed by atoms with Crippen molar-refractivity contribution in [2.24, 2.45) is 5.73 Å². The Morgan fingerprint density at radius 1 is 1.07 bits per heavy atom. The number of benzene rings is 2. The zero-order valence-electron chi connectivity index (χ0n) is 15.9. The molecule has 0 spiro atoms. The summed E-state index contributed by atoms with van der Waals surface area (Å²) < 4.78 is 27.7. The number of nitrogens with one attached hydrogen (secondary N) is 2.